The van der Waals surface area contributed by atoms with Crippen molar-refractivity contribution in [1.82, 2.24) is 9.88 Å². The van der Waals surface area contributed by atoms with Gasteiger partial charge in [0.2, 0.25) is 0 Å². The molecule has 3 heterocycles. The molecule has 1 aromatic heterocycles. The van der Waals surface area contributed by atoms with E-state index in [1.54, 1.807) is 36.1 Å². The van der Waals surface area contributed by atoms with E-state index < -0.39 is 11.6 Å². The van der Waals surface area contributed by atoms with Crippen LogP contribution in [0, 0.1) is 0 Å². The summed E-state index contributed by atoms with van der Waals surface area (Å²) in [4.78, 5) is 46.8. The second-order valence-corrected chi connectivity index (χ2v) is 10.7. The molecule has 0 saturated carbocycles. The number of ketones is 1. The summed E-state index contributed by atoms with van der Waals surface area (Å²) in [6.07, 6.45) is 0.879. The van der Waals surface area contributed by atoms with E-state index in [2.05, 4.69) is 11.9 Å². The van der Waals surface area contributed by atoms with E-state index in [0.717, 1.165) is 28.5 Å². The molecule has 0 bridgehead atoms. The van der Waals surface area contributed by atoms with Gasteiger partial charge in [0, 0.05) is 28.9 Å². The summed E-state index contributed by atoms with van der Waals surface area (Å²) in [5, 5.41) is 1.01. The number of rotatable bonds is 8. The van der Waals surface area contributed by atoms with Crippen LogP contribution in [0.1, 0.15) is 67.2 Å². The molecule has 6 rings (SSSR count). The minimum Gasteiger partial charge on any atom is -0.490 e. The molecule has 8 heteroatoms. The first kappa shape index (κ1) is 26.6. The van der Waals surface area contributed by atoms with Crippen molar-refractivity contribution in [3.8, 4) is 11.5 Å². The molecule has 2 aliphatic rings. The molecule has 210 valence electrons. The lowest BCUT2D eigenvalue weighted by molar-refractivity contribution is -0.125. The number of H-pyrrole nitrogens is 1. The van der Waals surface area contributed by atoms with Gasteiger partial charge in [-0.3, -0.25) is 9.59 Å². The van der Waals surface area contributed by atoms with Crippen LogP contribution in [0.3, 0.4) is 0 Å². The normalized spacial score (nSPS) is 19.9. The van der Waals surface area contributed by atoms with Gasteiger partial charge in [0.1, 0.15) is 0 Å². The van der Waals surface area contributed by atoms with E-state index in [1.807, 2.05) is 49.4 Å². The molecule has 1 saturated heterocycles. The van der Waals surface area contributed by atoms with Crippen LogP contribution in [0.25, 0.3) is 10.9 Å². The third-order valence-corrected chi connectivity index (χ3v) is 8.17. The Bertz CT molecular complexity index is 1690. The highest BCUT2D eigenvalue weighted by atomic mass is 16.5. The van der Waals surface area contributed by atoms with Crippen molar-refractivity contribution < 1.29 is 23.9 Å². The topological polar surface area (TPSA) is 91.9 Å². The number of urea groups is 1. The van der Waals surface area contributed by atoms with Crippen molar-refractivity contribution in [3.63, 3.8) is 0 Å². The number of ether oxygens (including phenoxy) is 2. The quantitative estimate of drug-likeness (QED) is 0.202. The van der Waals surface area contributed by atoms with Crippen LogP contribution >= 0.6 is 0 Å². The summed E-state index contributed by atoms with van der Waals surface area (Å²) < 4.78 is 11.9. The lowest BCUT2D eigenvalue weighted by Crippen LogP contribution is -2.50. The molecule has 0 aliphatic carbocycles. The number of carbonyl (C=O) groups is 3. The SMILES string of the molecule is CCCOc1ccc([C@@H]2CN3C(=O)N(c4cccc(C(C)=O)c4)C(=O)[C@]3(C)c3[nH]c4ccccc4c32)cc1OCC. The minimum absolute atomic E-state index is 0.135. The van der Waals surface area contributed by atoms with Crippen LogP contribution in [0.5, 0.6) is 11.5 Å². The molecular weight excluding hydrogens is 518 g/mol. The maximum absolute atomic E-state index is 14.2. The Labute approximate surface area is 238 Å². The van der Waals surface area contributed by atoms with Crippen LogP contribution in [0.15, 0.2) is 66.7 Å². The molecular formula is C33H33N3O5. The average molecular weight is 552 g/mol. The van der Waals surface area contributed by atoms with E-state index >= 15 is 0 Å². The van der Waals surface area contributed by atoms with Gasteiger partial charge in [0.25, 0.3) is 5.91 Å². The first-order chi connectivity index (χ1) is 19.8. The maximum atomic E-state index is 14.2. The molecule has 1 N–H and O–H groups in total. The summed E-state index contributed by atoms with van der Waals surface area (Å²) in [6.45, 7) is 8.62. The molecule has 3 amide bonds. The van der Waals surface area contributed by atoms with Crippen molar-refractivity contribution in [2.45, 2.75) is 45.6 Å². The van der Waals surface area contributed by atoms with E-state index in [9.17, 15) is 14.4 Å². The number of benzene rings is 3. The minimum atomic E-state index is -1.25. The highest BCUT2D eigenvalue weighted by molar-refractivity contribution is 6.24. The number of carbonyl (C=O) groups excluding carboxylic acids is 3. The van der Waals surface area contributed by atoms with Crippen molar-refractivity contribution >= 4 is 34.3 Å². The molecule has 0 unspecified atom stereocenters. The number of nitrogens with one attached hydrogen (secondary N) is 1. The molecule has 2 atom stereocenters. The Kier molecular flexibility index (Phi) is 6.56. The second-order valence-electron chi connectivity index (χ2n) is 10.7. The van der Waals surface area contributed by atoms with Gasteiger partial charge < -0.3 is 19.4 Å². The average Bonchev–Trinajstić information content (AvgIpc) is 3.46. The Morgan fingerprint density at radius 1 is 1.00 bits per heavy atom. The van der Waals surface area contributed by atoms with Crippen molar-refractivity contribution in [1.29, 1.82) is 0 Å². The molecule has 0 spiro atoms. The Morgan fingerprint density at radius 2 is 1.80 bits per heavy atom. The lowest BCUT2D eigenvalue weighted by Gasteiger charge is -2.40. The number of nitrogens with zero attached hydrogens (tertiary/aromatic N) is 2. The van der Waals surface area contributed by atoms with Gasteiger partial charge in [0.15, 0.2) is 22.8 Å². The van der Waals surface area contributed by atoms with Gasteiger partial charge in [0.05, 0.1) is 24.6 Å². The molecule has 41 heavy (non-hydrogen) atoms. The summed E-state index contributed by atoms with van der Waals surface area (Å²) in [7, 11) is 0. The van der Waals surface area contributed by atoms with E-state index in [0.29, 0.717) is 48.2 Å². The predicted molar refractivity (Wildman–Crippen MR) is 157 cm³/mol. The standard InChI is InChI=1S/C33H33N3O5/c1-5-16-41-27-15-14-22(18-28(27)40-6-2)25-19-35-32(39)36(23-11-9-10-21(17-23)20(3)37)31(38)33(35,4)30-29(25)24-12-7-8-13-26(24)34-30/h7-15,17-18,25,34H,5-6,16,19H2,1-4H3/t25-,33-/m0/s1. The molecule has 8 nitrogen and oxygen atoms in total. The van der Waals surface area contributed by atoms with Gasteiger partial charge in [-0.15, -0.1) is 0 Å². The number of anilines is 1. The van der Waals surface area contributed by atoms with Crippen molar-refractivity contribution in [3.05, 3.63) is 89.1 Å². The molecule has 3 aromatic carbocycles. The van der Waals surface area contributed by atoms with Gasteiger partial charge in [-0.2, -0.15) is 0 Å². The molecule has 4 aromatic rings. The summed E-state index contributed by atoms with van der Waals surface area (Å²) in [6, 6.07) is 20.2. The third kappa shape index (κ3) is 4.08. The number of amides is 3. The maximum Gasteiger partial charge on any atom is 0.332 e. The Hall–Kier alpha value is -4.59. The second kappa shape index (κ2) is 10.1. The van der Waals surface area contributed by atoms with Gasteiger partial charge >= 0.3 is 6.03 Å². The number of Topliss-reactive ketones (excluding diaryl/α,β-unsaturated/α-hetero) is 1. The van der Waals surface area contributed by atoms with Crippen LogP contribution in [-0.2, 0) is 10.3 Å². The lowest BCUT2D eigenvalue weighted by atomic mass is 9.78. The fourth-order valence-electron chi connectivity index (χ4n) is 6.12. The number of imide groups is 1. The van der Waals surface area contributed by atoms with Crippen LogP contribution < -0.4 is 14.4 Å². The number of hydrogen-bond donors (Lipinski definition) is 1. The van der Waals surface area contributed by atoms with E-state index in [4.69, 9.17) is 9.47 Å². The van der Waals surface area contributed by atoms with Gasteiger partial charge in [-0.1, -0.05) is 43.3 Å². The first-order valence-corrected chi connectivity index (χ1v) is 14.1. The highest BCUT2D eigenvalue weighted by Gasteiger charge is 2.60. The Balaban J connectivity index is 1.51. The highest BCUT2D eigenvalue weighted by Crippen LogP contribution is 2.51. The molecule has 0 radical (unpaired) electrons. The number of aromatic nitrogens is 1. The zero-order valence-electron chi connectivity index (χ0n) is 23.7. The van der Waals surface area contributed by atoms with Gasteiger partial charge in [-0.05, 0) is 68.7 Å². The number of para-hydroxylation sites is 1. The van der Waals surface area contributed by atoms with E-state index in [-0.39, 0.29) is 17.6 Å². The predicted octanol–water partition coefficient (Wildman–Crippen LogP) is 6.39. The molecule has 2 aliphatic heterocycles. The summed E-state index contributed by atoms with van der Waals surface area (Å²) in [5.41, 5.74) is 3.12. The van der Waals surface area contributed by atoms with E-state index in [1.165, 1.54) is 11.8 Å². The van der Waals surface area contributed by atoms with Crippen molar-refractivity contribution in [2.24, 2.45) is 0 Å². The van der Waals surface area contributed by atoms with Crippen LogP contribution in [-0.4, -0.2) is 47.4 Å². The first-order valence-electron chi connectivity index (χ1n) is 14.1. The third-order valence-electron chi connectivity index (χ3n) is 8.17. The zero-order chi connectivity index (χ0) is 28.9. The Morgan fingerprint density at radius 3 is 2.56 bits per heavy atom. The van der Waals surface area contributed by atoms with Crippen molar-refractivity contribution in [2.75, 3.05) is 24.7 Å². The summed E-state index contributed by atoms with van der Waals surface area (Å²) in [5.74, 6) is 0.617. The zero-order valence-corrected chi connectivity index (χ0v) is 23.7. The number of hydrogen-bond acceptors (Lipinski definition) is 5. The fourth-order valence-corrected chi connectivity index (χ4v) is 6.12. The summed E-state index contributed by atoms with van der Waals surface area (Å²) >= 11 is 0. The number of fused-ring (bicyclic) bond motifs is 5. The number of aromatic amines is 1. The van der Waals surface area contributed by atoms with Crippen LogP contribution in [0.4, 0.5) is 10.5 Å². The van der Waals surface area contributed by atoms with Crippen LogP contribution in [0.2, 0.25) is 0 Å². The largest absolute Gasteiger partial charge is 0.490 e. The smallest absolute Gasteiger partial charge is 0.332 e. The van der Waals surface area contributed by atoms with Gasteiger partial charge in [-0.25, -0.2) is 9.69 Å². The molecule has 1 fully saturated rings. The fraction of sp³-hybridized carbons (Fsp3) is 0.303. The monoisotopic (exact) mass is 551 g/mol.